The van der Waals surface area contributed by atoms with Gasteiger partial charge < -0.3 is 4.74 Å². The van der Waals surface area contributed by atoms with Crippen LogP contribution in [0.3, 0.4) is 0 Å². The predicted molar refractivity (Wildman–Crippen MR) is 81.1 cm³/mol. The molecule has 0 fully saturated rings. The van der Waals surface area contributed by atoms with Gasteiger partial charge in [-0.05, 0) is 30.3 Å². The van der Waals surface area contributed by atoms with E-state index in [0.29, 0.717) is 20.6 Å². The number of carbonyl (C=O) groups is 1. The van der Waals surface area contributed by atoms with Gasteiger partial charge in [0.15, 0.2) is 4.87 Å². The molecule has 21 heavy (non-hydrogen) atoms. The molecule has 0 spiro atoms. The lowest BCUT2D eigenvalue weighted by atomic mass is 10.3. The van der Waals surface area contributed by atoms with Gasteiger partial charge in [0, 0.05) is 29.1 Å². The summed E-state index contributed by atoms with van der Waals surface area (Å²) in [5, 5.41) is 0.917. The topological polar surface area (TPSA) is 58.4 Å². The highest BCUT2D eigenvalue weighted by Gasteiger charge is 2.23. The fraction of sp³-hybridized carbons (Fsp3) is 0.0714. The molecule has 0 amide bonds. The highest BCUT2D eigenvalue weighted by molar-refractivity contribution is 6.31. The van der Waals surface area contributed by atoms with Gasteiger partial charge in [0.2, 0.25) is 5.75 Å². The lowest BCUT2D eigenvalue weighted by Gasteiger charge is -2.03. The molecule has 0 aliphatic rings. The molecule has 0 saturated heterocycles. The molecule has 1 N–H and O–H groups in total. The Morgan fingerprint density at radius 3 is 2.33 bits per heavy atom. The third-order valence-electron chi connectivity index (χ3n) is 2.47. The summed E-state index contributed by atoms with van der Waals surface area (Å²) in [5.41, 5.74) is 3.27. The number of ether oxygens (including phenoxy) is 1. The highest BCUT2D eigenvalue weighted by Crippen LogP contribution is 2.30. The van der Waals surface area contributed by atoms with Crippen LogP contribution in [0.5, 0.6) is 5.75 Å². The van der Waals surface area contributed by atoms with Crippen molar-refractivity contribution in [2.75, 3.05) is 5.43 Å². The van der Waals surface area contributed by atoms with Gasteiger partial charge in [-0.1, -0.05) is 23.2 Å². The molecule has 0 aliphatic carbocycles. The van der Waals surface area contributed by atoms with E-state index in [-0.39, 0.29) is 11.4 Å². The normalized spacial score (nSPS) is 10.0. The van der Waals surface area contributed by atoms with Crippen molar-refractivity contribution in [1.82, 2.24) is 0 Å². The van der Waals surface area contributed by atoms with Crippen molar-refractivity contribution in [3.8, 4) is 5.75 Å². The lowest BCUT2D eigenvalue weighted by molar-refractivity contribution is -0.428. The van der Waals surface area contributed by atoms with Crippen LogP contribution in [0.4, 0.5) is 11.4 Å². The molecule has 0 saturated carbocycles. The quantitative estimate of drug-likeness (QED) is 0.393. The van der Waals surface area contributed by atoms with Crippen molar-refractivity contribution in [3.05, 3.63) is 57.4 Å². The van der Waals surface area contributed by atoms with Gasteiger partial charge in [0.05, 0.1) is 4.91 Å². The van der Waals surface area contributed by atoms with Crippen LogP contribution < -0.4 is 10.2 Å². The van der Waals surface area contributed by atoms with Crippen LogP contribution in [0.25, 0.3) is 0 Å². The Bertz CT molecular complexity index is 687. The molecule has 0 unspecified atom stereocenters. The van der Waals surface area contributed by atoms with E-state index in [0.717, 1.165) is 0 Å². The first kappa shape index (κ1) is 15.3. The van der Waals surface area contributed by atoms with Crippen molar-refractivity contribution in [2.45, 2.75) is 6.92 Å². The van der Waals surface area contributed by atoms with E-state index >= 15 is 0 Å². The van der Waals surface area contributed by atoms with Crippen molar-refractivity contribution in [2.24, 2.45) is 0 Å². The van der Waals surface area contributed by atoms with Gasteiger partial charge in [0.25, 0.3) is 0 Å². The molecule has 2 rings (SSSR count). The number of hydrazine groups is 1. The molecule has 0 heterocycles. The minimum Gasteiger partial charge on any atom is -0.419 e. The Balaban J connectivity index is 2.25. The largest absolute Gasteiger partial charge is 0.419 e. The van der Waals surface area contributed by atoms with Gasteiger partial charge >= 0.3 is 11.7 Å². The smallest absolute Gasteiger partial charge is 0.334 e. The van der Waals surface area contributed by atoms with E-state index in [2.05, 4.69) is 5.43 Å². The van der Waals surface area contributed by atoms with Gasteiger partial charge in [-0.15, -0.1) is 5.43 Å². The Hall–Kier alpha value is -2.11. The average Bonchev–Trinajstić information content (AvgIpc) is 2.40. The van der Waals surface area contributed by atoms with Crippen molar-refractivity contribution >= 4 is 40.5 Å². The highest BCUT2D eigenvalue weighted by atomic mass is 35.5. The standard InChI is InChI=1S/C14H11Cl2N2O3/c1-9(19)21-14-8-11(16)4-7-13(14)18(20)17-12-5-2-10(15)3-6-12/h2-8H,1H3,(H,17,20)/q+1. The second-order valence-electron chi connectivity index (χ2n) is 4.12. The zero-order valence-electron chi connectivity index (χ0n) is 11.0. The number of halogens is 2. The maximum absolute atomic E-state index is 12.2. The van der Waals surface area contributed by atoms with Crippen LogP contribution >= 0.6 is 23.2 Å². The molecule has 108 valence electrons. The van der Waals surface area contributed by atoms with Crippen LogP contribution in [0.15, 0.2) is 42.5 Å². The van der Waals surface area contributed by atoms with Crippen LogP contribution in [-0.4, -0.2) is 10.8 Å². The molecule has 0 atom stereocenters. The summed E-state index contributed by atoms with van der Waals surface area (Å²) in [7, 11) is 0. The first-order valence-corrected chi connectivity index (χ1v) is 6.69. The fourth-order valence-electron chi connectivity index (χ4n) is 1.59. The molecule has 0 aromatic heterocycles. The van der Waals surface area contributed by atoms with Crippen molar-refractivity contribution in [3.63, 3.8) is 0 Å². The zero-order valence-corrected chi connectivity index (χ0v) is 12.5. The van der Waals surface area contributed by atoms with Crippen molar-refractivity contribution in [1.29, 1.82) is 0 Å². The third kappa shape index (κ3) is 4.18. The summed E-state index contributed by atoms with van der Waals surface area (Å²) in [6, 6.07) is 11.0. The number of anilines is 1. The van der Waals surface area contributed by atoms with E-state index in [9.17, 15) is 9.70 Å². The molecule has 5 nitrogen and oxygen atoms in total. The fourth-order valence-corrected chi connectivity index (χ4v) is 1.88. The minimum absolute atomic E-state index is 0.0754. The molecule has 0 radical (unpaired) electrons. The summed E-state index contributed by atoms with van der Waals surface area (Å²) >= 11 is 11.6. The molecular weight excluding hydrogens is 315 g/mol. The van der Waals surface area contributed by atoms with Crippen LogP contribution in [0.2, 0.25) is 10.0 Å². The van der Waals surface area contributed by atoms with E-state index < -0.39 is 5.97 Å². The summed E-state index contributed by atoms with van der Waals surface area (Å²) in [6.07, 6.45) is 0. The number of rotatable bonds is 4. The molecule has 0 aliphatic heterocycles. The predicted octanol–water partition coefficient (Wildman–Crippen LogP) is 4.36. The minimum atomic E-state index is -0.543. The second kappa shape index (κ2) is 6.56. The van der Waals surface area contributed by atoms with E-state index in [4.69, 9.17) is 27.9 Å². The number of nitroso groups, excluding NO2 is 1. The van der Waals surface area contributed by atoms with Crippen LogP contribution in [-0.2, 0) is 4.79 Å². The molecule has 7 heteroatoms. The summed E-state index contributed by atoms with van der Waals surface area (Å²) in [6.45, 7) is 1.24. The SMILES string of the molecule is CC(=O)Oc1cc(Cl)ccc1[N+](=O)Nc1ccc(Cl)cc1. The number of hydrogen-bond donors (Lipinski definition) is 1. The maximum atomic E-state index is 12.2. The number of nitrogens with zero attached hydrogens (tertiary/aromatic N) is 1. The van der Waals surface area contributed by atoms with Crippen LogP contribution in [0.1, 0.15) is 6.92 Å². The van der Waals surface area contributed by atoms with E-state index in [1.165, 1.54) is 25.1 Å². The number of hydrogen-bond acceptors (Lipinski definition) is 3. The lowest BCUT2D eigenvalue weighted by Crippen LogP contribution is -2.12. The summed E-state index contributed by atoms with van der Waals surface area (Å²) < 4.78 is 4.98. The Kier molecular flexibility index (Phi) is 4.77. The summed E-state index contributed by atoms with van der Waals surface area (Å²) in [4.78, 5) is 23.7. The van der Waals surface area contributed by atoms with E-state index in [1.807, 2.05) is 0 Å². The van der Waals surface area contributed by atoms with Gasteiger partial charge in [-0.25, -0.2) is 0 Å². The number of benzene rings is 2. The van der Waals surface area contributed by atoms with Crippen molar-refractivity contribution < 1.29 is 14.4 Å². The molecule has 0 bridgehead atoms. The number of carbonyl (C=O) groups excluding carboxylic acids is 1. The Morgan fingerprint density at radius 1 is 1.10 bits per heavy atom. The van der Waals surface area contributed by atoms with Gasteiger partial charge in [-0.3, -0.25) is 4.79 Å². The number of esters is 1. The van der Waals surface area contributed by atoms with Gasteiger partial charge in [-0.2, -0.15) is 0 Å². The number of nitrogens with one attached hydrogen (secondary N) is 1. The monoisotopic (exact) mass is 325 g/mol. The third-order valence-corrected chi connectivity index (χ3v) is 2.96. The Morgan fingerprint density at radius 2 is 1.71 bits per heavy atom. The average molecular weight is 326 g/mol. The Labute approximate surface area is 131 Å². The zero-order chi connectivity index (χ0) is 15.4. The first-order valence-electron chi connectivity index (χ1n) is 5.93. The second-order valence-corrected chi connectivity index (χ2v) is 4.99. The van der Waals surface area contributed by atoms with Crippen LogP contribution in [0, 0.1) is 4.91 Å². The van der Waals surface area contributed by atoms with Gasteiger partial charge in [0.1, 0.15) is 5.69 Å². The molecule has 2 aromatic carbocycles. The summed E-state index contributed by atoms with van der Waals surface area (Å²) in [5.74, 6) is -0.468. The molecule has 2 aromatic rings. The molecular formula is C14H11Cl2N2O3+. The van der Waals surface area contributed by atoms with E-state index in [1.54, 1.807) is 24.3 Å². The first-order chi connectivity index (χ1) is 9.95. The maximum Gasteiger partial charge on any atom is 0.334 e.